The number of hydrogen-bond donors (Lipinski definition) is 1. The number of piperazine rings is 1. The van der Waals surface area contributed by atoms with Crippen molar-refractivity contribution < 1.29 is 9.18 Å². The van der Waals surface area contributed by atoms with Gasteiger partial charge >= 0.3 is 0 Å². The number of para-hydroxylation sites is 1. The van der Waals surface area contributed by atoms with Crippen LogP contribution < -0.4 is 4.90 Å². The second-order valence-corrected chi connectivity index (χ2v) is 7.71. The molecule has 142 valence electrons. The van der Waals surface area contributed by atoms with E-state index in [1.54, 1.807) is 29.3 Å². The molecule has 2 aliphatic rings. The molecule has 0 unspecified atom stereocenters. The number of likely N-dealkylation sites (tertiary alicyclic amines) is 1. The van der Waals surface area contributed by atoms with Crippen molar-refractivity contribution >= 4 is 23.2 Å². The molecule has 1 N–H and O–H groups in total. The van der Waals surface area contributed by atoms with Gasteiger partial charge in [-0.05, 0) is 36.2 Å². The molecule has 3 aromatic rings. The van der Waals surface area contributed by atoms with Gasteiger partial charge in [0.1, 0.15) is 5.82 Å². The molecule has 1 amide bonds. The summed E-state index contributed by atoms with van der Waals surface area (Å²) >= 11 is 5.98. The number of carbonyl (C=O) groups excluding carboxylic acids is 1. The van der Waals surface area contributed by atoms with Crippen LogP contribution in [0.1, 0.15) is 12.0 Å². The van der Waals surface area contributed by atoms with Gasteiger partial charge in [-0.3, -0.25) is 14.8 Å². The Morgan fingerprint density at radius 2 is 1.96 bits per heavy atom. The number of H-pyrrole nitrogens is 1. The number of fused-ring (bicyclic) bond motifs is 2. The zero-order valence-corrected chi connectivity index (χ0v) is 15.7. The van der Waals surface area contributed by atoms with Crippen molar-refractivity contribution in [2.24, 2.45) is 0 Å². The lowest BCUT2D eigenvalue weighted by Gasteiger charge is -2.34. The summed E-state index contributed by atoms with van der Waals surface area (Å²) < 4.78 is 14.2. The van der Waals surface area contributed by atoms with Crippen LogP contribution in [0.4, 0.5) is 10.1 Å². The third-order valence-electron chi connectivity index (χ3n) is 5.61. The highest BCUT2D eigenvalue weighted by molar-refractivity contribution is 6.30. The summed E-state index contributed by atoms with van der Waals surface area (Å²) in [6.07, 6.45) is 2.52. The lowest BCUT2D eigenvalue weighted by molar-refractivity contribution is -0.122. The van der Waals surface area contributed by atoms with Gasteiger partial charge in [-0.1, -0.05) is 35.9 Å². The lowest BCUT2D eigenvalue weighted by atomic mass is 10.1. The number of nitrogens with one attached hydrogen (secondary N) is 1. The first-order chi connectivity index (χ1) is 13.6. The Balaban J connectivity index is 1.36. The summed E-state index contributed by atoms with van der Waals surface area (Å²) in [7, 11) is 0. The minimum atomic E-state index is -0.352. The van der Waals surface area contributed by atoms with Gasteiger partial charge < -0.3 is 4.90 Å². The van der Waals surface area contributed by atoms with Crippen molar-refractivity contribution in [2.45, 2.75) is 25.0 Å². The topological polar surface area (TPSA) is 52.2 Å². The van der Waals surface area contributed by atoms with E-state index >= 15 is 0 Å². The van der Waals surface area contributed by atoms with E-state index in [0.29, 0.717) is 17.3 Å². The Labute approximate surface area is 166 Å². The number of benzene rings is 2. The number of halogens is 2. The standard InChI is InChI=1S/C21H18ClFN4O/c22-15-7-5-13(6-8-15)20-14(10-24-25-20)11-26-12-16-9-19(26)21(28)27(16)18-4-2-1-3-17(18)23/h1-8,10,16,19H,9,11-12H2,(H,24,25)/t16-,19-/m0/s1. The molecule has 0 saturated carbocycles. The first-order valence-corrected chi connectivity index (χ1v) is 9.59. The minimum absolute atomic E-state index is 0.000262. The molecule has 2 aliphatic heterocycles. The third kappa shape index (κ3) is 2.80. The lowest BCUT2D eigenvalue weighted by Crippen LogP contribution is -2.50. The van der Waals surface area contributed by atoms with E-state index in [1.807, 2.05) is 24.3 Å². The smallest absolute Gasteiger partial charge is 0.244 e. The Morgan fingerprint density at radius 3 is 2.71 bits per heavy atom. The third-order valence-corrected chi connectivity index (χ3v) is 5.86. The van der Waals surface area contributed by atoms with Gasteiger partial charge in [0.05, 0.1) is 29.7 Å². The molecular formula is C21H18ClFN4O. The molecule has 28 heavy (non-hydrogen) atoms. The molecule has 5 nitrogen and oxygen atoms in total. The summed E-state index contributed by atoms with van der Waals surface area (Å²) in [6, 6.07) is 13.8. The fourth-order valence-electron chi connectivity index (χ4n) is 4.32. The average Bonchev–Trinajstić information content (AvgIpc) is 3.39. The highest BCUT2D eigenvalue weighted by atomic mass is 35.5. The maximum atomic E-state index is 14.2. The van der Waals surface area contributed by atoms with Gasteiger partial charge in [0.15, 0.2) is 0 Å². The van der Waals surface area contributed by atoms with E-state index in [0.717, 1.165) is 29.8 Å². The second-order valence-electron chi connectivity index (χ2n) is 7.27. The molecule has 2 saturated heterocycles. The first kappa shape index (κ1) is 17.4. The van der Waals surface area contributed by atoms with Crippen LogP contribution in [0.15, 0.2) is 54.7 Å². The predicted octanol–water partition coefficient (Wildman–Crippen LogP) is 3.86. The van der Waals surface area contributed by atoms with Crippen molar-refractivity contribution in [1.29, 1.82) is 0 Å². The van der Waals surface area contributed by atoms with Crippen molar-refractivity contribution in [3.05, 3.63) is 71.1 Å². The number of aromatic amines is 1. The van der Waals surface area contributed by atoms with Crippen LogP contribution in [0.5, 0.6) is 0 Å². The van der Waals surface area contributed by atoms with Crippen molar-refractivity contribution in [3.8, 4) is 11.3 Å². The minimum Gasteiger partial charge on any atom is -0.304 e. The summed E-state index contributed by atoms with van der Waals surface area (Å²) in [5.74, 6) is -0.382. The van der Waals surface area contributed by atoms with Crippen molar-refractivity contribution in [3.63, 3.8) is 0 Å². The summed E-state index contributed by atoms with van der Waals surface area (Å²) in [6.45, 7) is 1.34. The number of aromatic nitrogens is 2. The normalized spacial score (nSPS) is 21.6. The number of nitrogens with zero attached hydrogens (tertiary/aromatic N) is 3. The summed E-state index contributed by atoms with van der Waals surface area (Å²) in [5.41, 5.74) is 3.34. The molecule has 2 fully saturated rings. The zero-order chi connectivity index (χ0) is 19.3. The molecule has 3 heterocycles. The Bertz CT molecular complexity index is 1030. The molecule has 2 aromatic carbocycles. The number of anilines is 1. The predicted molar refractivity (Wildman–Crippen MR) is 106 cm³/mol. The SMILES string of the molecule is O=C1[C@@H]2C[C@@H](CN2Cc2cn[nH]c2-c2ccc(Cl)cc2)N1c1ccccc1F. The van der Waals surface area contributed by atoms with Crippen molar-refractivity contribution in [2.75, 3.05) is 11.4 Å². The number of carbonyl (C=O) groups is 1. The quantitative estimate of drug-likeness (QED) is 0.728. The Kier molecular flexibility index (Phi) is 4.18. The number of hydrogen-bond acceptors (Lipinski definition) is 3. The first-order valence-electron chi connectivity index (χ1n) is 9.21. The molecule has 5 rings (SSSR count). The van der Waals surface area contributed by atoms with Crippen LogP contribution in [0.25, 0.3) is 11.3 Å². The van der Waals surface area contributed by atoms with Crippen LogP contribution in [0.3, 0.4) is 0 Å². The van der Waals surface area contributed by atoms with Crippen LogP contribution in [0, 0.1) is 5.82 Å². The molecule has 1 aromatic heterocycles. The fourth-order valence-corrected chi connectivity index (χ4v) is 4.44. The molecular weight excluding hydrogens is 379 g/mol. The highest BCUT2D eigenvalue weighted by Crippen LogP contribution is 2.38. The van der Waals surface area contributed by atoms with Crippen LogP contribution >= 0.6 is 11.6 Å². The molecule has 0 radical (unpaired) electrons. The van der Waals surface area contributed by atoms with Gasteiger partial charge in [-0.15, -0.1) is 0 Å². The molecule has 0 spiro atoms. The molecule has 2 bridgehead atoms. The number of rotatable bonds is 4. The average molecular weight is 397 g/mol. The highest BCUT2D eigenvalue weighted by Gasteiger charge is 2.50. The van der Waals surface area contributed by atoms with E-state index in [-0.39, 0.29) is 23.8 Å². The van der Waals surface area contributed by atoms with E-state index in [1.165, 1.54) is 6.07 Å². The van der Waals surface area contributed by atoms with Gasteiger partial charge in [0, 0.05) is 23.7 Å². The molecule has 2 atom stereocenters. The zero-order valence-electron chi connectivity index (χ0n) is 15.0. The Hall–Kier alpha value is -2.70. The van der Waals surface area contributed by atoms with Crippen LogP contribution in [0.2, 0.25) is 5.02 Å². The maximum Gasteiger partial charge on any atom is 0.244 e. The monoisotopic (exact) mass is 396 g/mol. The summed E-state index contributed by atoms with van der Waals surface area (Å²) in [5, 5.41) is 7.92. The van der Waals surface area contributed by atoms with Gasteiger partial charge in [0.25, 0.3) is 0 Å². The van der Waals surface area contributed by atoms with Crippen molar-refractivity contribution in [1.82, 2.24) is 15.1 Å². The number of amides is 1. The van der Waals surface area contributed by atoms with Crippen LogP contribution in [-0.2, 0) is 11.3 Å². The molecule has 0 aliphatic carbocycles. The maximum absolute atomic E-state index is 14.2. The van der Waals surface area contributed by atoms with E-state index in [4.69, 9.17) is 11.6 Å². The fraction of sp³-hybridized carbons (Fsp3) is 0.238. The largest absolute Gasteiger partial charge is 0.304 e. The van der Waals surface area contributed by atoms with Gasteiger partial charge in [-0.2, -0.15) is 5.10 Å². The van der Waals surface area contributed by atoms with Gasteiger partial charge in [0.2, 0.25) is 5.91 Å². The van der Waals surface area contributed by atoms with Crippen LogP contribution in [-0.4, -0.2) is 39.6 Å². The van der Waals surface area contributed by atoms with E-state index in [9.17, 15) is 9.18 Å². The Morgan fingerprint density at radius 1 is 1.18 bits per heavy atom. The van der Waals surface area contributed by atoms with Gasteiger partial charge in [-0.25, -0.2) is 4.39 Å². The second kappa shape index (κ2) is 6.72. The van der Waals surface area contributed by atoms with E-state index < -0.39 is 0 Å². The summed E-state index contributed by atoms with van der Waals surface area (Å²) in [4.78, 5) is 16.7. The van der Waals surface area contributed by atoms with E-state index in [2.05, 4.69) is 15.1 Å². The molecule has 7 heteroatoms.